The van der Waals surface area contributed by atoms with Crippen LogP contribution in [0.15, 0.2) is 27.7 Å². The lowest BCUT2D eigenvalue weighted by Crippen LogP contribution is -2.20. The summed E-state index contributed by atoms with van der Waals surface area (Å²) in [5.41, 5.74) is 0. The van der Waals surface area contributed by atoms with Crippen molar-refractivity contribution in [3.05, 3.63) is 33.2 Å². The SMILES string of the molecule is N=C1C=c2cc(Br)ccc2=N1. The van der Waals surface area contributed by atoms with Gasteiger partial charge in [0, 0.05) is 9.69 Å². The Balaban J connectivity index is 2.89. The van der Waals surface area contributed by atoms with Crippen LogP contribution in [-0.4, -0.2) is 5.84 Å². The first-order valence-electron chi connectivity index (χ1n) is 3.20. The third-order valence-electron chi connectivity index (χ3n) is 1.52. The molecule has 0 saturated carbocycles. The van der Waals surface area contributed by atoms with Crippen molar-refractivity contribution in [1.29, 1.82) is 5.41 Å². The summed E-state index contributed by atoms with van der Waals surface area (Å²) < 4.78 is 1.03. The van der Waals surface area contributed by atoms with E-state index in [2.05, 4.69) is 20.9 Å². The smallest absolute Gasteiger partial charge is 0.145 e. The molecular formula is C8H5BrN2. The number of rotatable bonds is 0. The van der Waals surface area contributed by atoms with Gasteiger partial charge in [0.05, 0.1) is 5.36 Å². The Bertz CT molecular complexity index is 434. The first-order valence-corrected chi connectivity index (χ1v) is 3.99. The minimum absolute atomic E-state index is 0.332. The summed E-state index contributed by atoms with van der Waals surface area (Å²) >= 11 is 3.35. The zero-order chi connectivity index (χ0) is 7.84. The summed E-state index contributed by atoms with van der Waals surface area (Å²) in [4.78, 5) is 4.00. The average molecular weight is 209 g/mol. The number of nitrogens with zero attached hydrogens (tertiary/aromatic N) is 1. The molecule has 1 heterocycles. The lowest BCUT2D eigenvalue weighted by Gasteiger charge is -1.84. The van der Waals surface area contributed by atoms with Crippen LogP contribution in [0.2, 0.25) is 0 Å². The molecule has 0 bridgehead atoms. The molecule has 54 valence electrons. The molecule has 0 unspecified atom stereocenters. The molecule has 1 aliphatic rings. The third-order valence-corrected chi connectivity index (χ3v) is 2.02. The first kappa shape index (κ1) is 6.73. The summed E-state index contributed by atoms with van der Waals surface area (Å²) in [6, 6.07) is 5.78. The van der Waals surface area contributed by atoms with E-state index in [0.717, 1.165) is 15.0 Å². The predicted molar refractivity (Wildman–Crippen MR) is 47.1 cm³/mol. The van der Waals surface area contributed by atoms with Crippen LogP contribution in [0, 0.1) is 5.41 Å². The van der Waals surface area contributed by atoms with E-state index in [1.54, 1.807) is 6.08 Å². The summed E-state index contributed by atoms with van der Waals surface area (Å²) in [6.45, 7) is 0. The van der Waals surface area contributed by atoms with E-state index in [9.17, 15) is 0 Å². The molecule has 0 saturated heterocycles. The number of amidine groups is 1. The van der Waals surface area contributed by atoms with Gasteiger partial charge in [0.1, 0.15) is 5.84 Å². The predicted octanol–water partition coefficient (Wildman–Crippen LogP) is 0.840. The Morgan fingerprint density at radius 1 is 1.36 bits per heavy atom. The Hall–Kier alpha value is -0.960. The monoisotopic (exact) mass is 208 g/mol. The molecule has 0 aromatic heterocycles. The first-order chi connectivity index (χ1) is 5.25. The normalized spacial score (nSPS) is 13.7. The number of hydrogen-bond donors (Lipinski definition) is 1. The molecule has 1 aliphatic heterocycles. The maximum Gasteiger partial charge on any atom is 0.145 e. The van der Waals surface area contributed by atoms with Crippen LogP contribution in [0.25, 0.3) is 6.08 Å². The van der Waals surface area contributed by atoms with Crippen LogP contribution in [-0.2, 0) is 0 Å². The quantitative estimate of drug-likeness (QED) is 0.657. The molecule has 0 aliphatic carbocycles. The van der Waals surface area contributed by atoms with Crippen molar-refractivity contribution < 1.29 is 0 Å². The molecule has 0 amide bonds. The lowest BCUT2D eigenvalue weighted by atomic mass is 10.3. The van der Waals surface area contributed by atoms with Crippen molar-refractivity contribution in [3.8, 4) is 0 Å². The van der Waals surface area contributed by atoms with Gasteiger partial charge in [-0.3, -0.25) is 5.41 Å². The largest absolute Gasteiger partial charge is 0.283 e. The highest BCUT2D eigenvalue weighted by molar-refractivity contribution is 9.10. The summed E-state index contributed by atoms with van der Waals surface area (Å²) in [6.07, 6.45) is 1.75. The number of nitrogens with one attached hydrogen (secondary N) is 1. The molecule has 3 heteroatoms. The lowest BCUT2D eigenvalue weighted by molar-refractivity contribution is 1.36. The zero-order valence-electron chi connectivity index (χ0n) is 5.63. The van der Waals surface area contributed by atoms with Gasteiger partial charge >= 0.3 is 0 Å². The van der Waals surface area contributed by atoms with Crippen LogP contribution in [0.4, 0.5) is 0 Å². The van der Waals surface area contributed by atoms with E-state index in [1.807, 2.05) is 18.2 Å². The molecular weight excluding hydrogens is 204 g/mol. The van der Waals surface area contributed by atoms with E-state index in [0.29, 0.717) is 5.84 Å². The molecule has 0 atom stereocenters. The number of halogens is 1. The molecule has 1 aromatic carbocycles. The molecule has 11 heavy (non-hydrogen) atoms. The molecule has 0 fully saturated rings. The Morgan fingerprint density at radius 2 is 2.18 bits per heavy atom. The van der Waals surface area contributed by atoms with Gasteiger partial charge in [-0.1, -0.05) is 15.9 Å². The topological polar surface area (TPSA) is 36.2 Å². The molecule has 1 aromatic rings. The molecule has 0 radical (unpaired) electrons. The molecule has 2 rings (SSSR count). The van der Waals surface area contributed by atoms with Crippen molar-refractivity contribution in [1.82, 2.24) is 0 Å². The molecule has 0 spiro atoms. The summed E-state index contributed by atoms with van der Waals surface area (Å²) in [5, 5.41) is 9.17. The van der Waals surface area contributed by atoms with E-state index in [1.165, 1.54) is 0 Å². The van der Waals surface area contributed by atoms with Gasteiger partial charge in [0.15, 0.2) is 0 Å². The van der Waals surface area contributed by atoms with Gasteiger partial charge in [-0.25, -0.2) is 4.99 Å². The number of benzene rings is 1. The maximum absolute atomic E-state index is 7.27. The van der Waals surface area contributed by atoms with Crippen molar-refractivity contribution in [2.24, 2.45) is 4.99 Å². The standard InChI is InChI=1S/C8H5BrN2/c9-6-1-2-7-5(3-6)4-8(10)11-7/h1-4,10H. The second kappa shape index (κ2) is 2.27. The van der Waals surface area contributed by atoms with E-state index < -0.39 is 0 Å². The second-order valence-corrected chi connectivity index (χ2v) is 3.26. The average Bonchev–Trinajstić information content (AvgIpc) is 2.27. The summed E-state index contributed by atoms with van der Waals surface area (Å²) in [7, 11) is 0. The fourth-order valence-corrected chi connectivity index (χ4v) is 1.43. The highest BCUT2D eigenvalue weighted by atomic mass is 79.9. The summed E-state index contributed by atoms with van der Waals surface area (Å²) in [5.74, 6) is 0.332. The number of hydrogen-bond acceptors (Lipinski definition) is 1. The van der Waals surface area contributed by atoms with Gasteiger partial charge in [-0.15, -0.1) is 0 Å². The Morgan fingerprint density at radius 3 is 3.00 bits per heavy atom. The van der Waals surface area contributed by atoms with Crippen LogP contribution >= 0.6 is 15.9 Å². The molecule has 1 N–H and O–H groups in total. The highest BCUT2D eigenvalue weighted by Crippen LogP contribution is 2.02. The Kier molecular flexibility index (Phi) is 1.39. The minimum atomic E-state index is 0.332. The van der Waals surface area contributed by atoms with E-state index >= 15 is 0 Å². The van der Waals surface area contributed by atoms with E-state index in [4.69, 9.17) is 5.41 Å². The van der Waals surface area contributed by atoms with Gasteiger partial charge in [-0.05, 0) is 24.3 Å². The van der Waals surface area contributed by atoms with Crippen molar-refractivity contribution in [2.45, 2.75) is 0 Å². The maximum atomic E-state index is 7.27. The van der Waals surface area contributed by atoms with Crippen LogP contribution in [0.3, 0.4) is 0 Å². The van der Waals surface area contributed by atoms with Gasteiger partial charge in [0.2, 0.25) is 0 Å². The van der Waals surface area contributed by atoms with Crippen molar-refractivity contribution in [3.63, 3.8) is 0 Å². The van der Waals surface area contributed by atoms with Crippen LogP contribution in [0.1, 0.15) is 0 Å². The third kappa shape index (κ3) is 1.12. The fraction of sp³-hybridized carbons (Fsp3) is 0. The van der Waals surface area contributed by atoms with E-state index in [-0.39, 0.29) is 0 Å². The fourth-order valence-electron chi connectivity index (χ4n) is 1.05. The van der Waals surface area contributed by atoms with Crippen molar-refractivity contribution in [2.75, 3.05) is 0 Å². The van der Waals surface area contributed by atoms with Gasteiger partial charge in [0.25, 0.3) is 0 Å². The van der Waals surface area contributed by atoms with Gasteiger partial charge < -0.3 is 0 Å². The number of fused-ring (bicyclic) bond motifs is 1. The molecule has 2 nitrogen and oxygen atoms in total. The minimum Gasteiger partial charge on any atom is -0.283 e. The highest BCUT2D eigenvalue weighted by Gasteiger charge is 1.98. The second-order valence-electron chi connectivity index (χ2n) is 2.34. The van der Waals surface area contributed by atoms with Gasteiger partial charge in [-0.2, -0.15) is 0 Å². The Labute approximate surface area is 71.9 Å². The zero-order valence-corrected chi connectivity index (χ0v) is 7.22. The van der Waals surface area contributed by atoms with Crippen molar-refractivity contribution >= 4 is 27.8 Å². The van der Waals surface area contributed by atoms with Crippen LogP contribution < -0.4 is 10.6 Å². The van der Waals surface area contributed by atoms with Crippen LogP contribution in [0.5, 0.6) is 0 Å².